The molecule has 1 aromatic carbocycles. The van der Waals surface area contributed by atoms with Crippen LogP contribution in [0.3, 0.4) is 0 Å². The van der Waals surface area contributed by atoms with Crippen LogP contribution in [0.5, 0.6) is 0 Å². The Balaban J connectivity index is 1.71. The Labute approximate surface area is 118 Å². The SMILES string of the molecule is CN=C(NCCc1ccccc1)NCc1ccsc1. The van der Waals surface area contributed by atoms with E-state index >= 15 is 0 Å². The van der Waals surface area contributed by atoms with Crippen molar-refractivity contribution in [2.75, 3.05) is 13.6 Å². The fourth-order valence-electron chi connectivity index (χ4n) is 1.77. The summed E-state index contributed by atoms with van der Waals surface area (Å²) in [5, 5.41) is 10.9. The number of hydrogen-bond acceptors (Lipinski definition) is 2. The minimum atomic E-state index is 0.814. The molecule has 19 heavy (non-hydrogen) atoms. The van der Waals surface area contributed by atoms with Gasteiger partial charge in [-0.2, -0.15) is 11.3 Å². The Morgan fingerprint density at radius 1 is 1.11 bits per heavy atom. The van der Waals surface area contributed by atoms with Crippen molar-refractivity contribution in [1.82, 2.24) is 10.6 Å². The zero-order chi connectivity index (χ0) is 13.3. The summed E-state index contributed by atoms with van der Waals surface area (Å²) in [4.78, 5) is 4.22. The largest absolute Gasteiger partial charge is 0.356 e. The summed E-state index contributed by atoms with van der Waals surface area (Å²) >= 11 is 1.71. The molecule has 1 aromatic heterocycles. The van der Waals surface area contributed by atoms with E-state index in [1.54, 1.807) is 18.4 Å². The number of hydrogen-bond donors (Lipinski definition) is 2. The third-order valence-corrected chi connectivity index (χ3v) is 3.54. The van der Waals surface area contributed by atoms with Crippen LogP contribution in [0.1, 0.15) is 11.1 Å². The first kappa shape index (κ1) is 13.6. The maximum Gasteiger partial charge on any atom is 0.191 e. The third-order valence-electron chi connectivity index (χ3n) is 2.81. The standard InChI is InChI=1S/C15H19N3S/c1-16-15(18-11-14-8-10-19-12-14)17-9-7-13-5-3-2-4-6-13/h2-6,8,10,12H,7,9,11H2,1H3,(H2,16,17,18). The van der Waals surface area contributed by atoms with Gasteiger partial charge in [-0.1, -0.05) is 30.3 Å². The van der Waals surface area contributed by atoms with E-state index in [4.69, 9.17) is 0 Å². The van der Waals surface area contributed by atoms with Crippen molar-refractivity contribution in [3.8, 4) is 0 Å². The van der Waals surface area contributed by atoms with E-state index in [2.05, 4.69) is 56.7 Å². The average Bonchev–Trinajstić information content (AvgIpc) is 2.97. The van der Waals surface area contributed by atoms with Gasteiger partial charge in [-0.15, -0.1) is 0 Å². The van der Waals surface area contributed by atoms with E-state index in [9.17, 15) is 0 Å². The Morgan fingerprint density at radius 3 is 2.63 bits per heavy atom. The number of nitrogens with one attached hydrogen (secondary N) is 2. The van der Waals surface area contributed by atoms with Gasteiger partial charge in [0.1, 0.15) is 0 Å². The molecule has 0 bridgehead atoms. The van der Waals surface area contributed by atoms with Gasteiger partial charge in [-0.25, -0.2) is 0 Å². The molecule has 0 fully saturated rings. The molecule has 0 aliphatic carbocycles. The summed E-state index contributed by atoms with van der Waals surface area (Å²) in [5.41, 5.74) is 2.62. The Hall–Kier alpha value is -1.81. The maximum atomic E-state index is 4.22. The van der Waals surface area contributed by atoms with Crippen molar-refractivity contribution in [2.24, 2.45) is 4.99 Å². The quantitative estimate of drug-likeness (QED) is 0.649. The molecule has 0 unspecified atom stereocenters. The fraction of sp³-hybridized carbons (Fsp3) is 0.267. The Morgan fingerprint density at radius 2 is 1.95 bits per heavy atom. The first-order valence-corrected chi connectivity index (χ1v) is 7.32. The fourth-order valence-corrected chi connectivity index (χ4v) is 2.44. The van der Waals surface area contributed by atoms with Crippen LogP contribution in [0.2, 0.25) is 0 Å². The second kappa shape index (κ2) is 7.59. The van der Waals surface area contributed by atoms with E-state index in [-0.39, 0.29) is 0 Å². The molecule has 3 nitrogen and oxygen atoms in total. The molecule has 0 aliphatic rings. The molecule has 2 N–H and O–H groups in total. The Kier molecular flexibility index (Phi) is 5.44. The minimum Gasteiger partial charge on any atom is -0.356 e. The van der Waals surface area contributed by atoms with E-state index in [0.717, 1.165) is 25.5 Å². The lowest BCUT2D eigenvalue weighted by Crippen LogP contribution is -2.37. The highest BCUT2D eigenvalue weighted by atomic mass is 32.1. The Bertz CT molecular complexity index is 491. The second-order valence-electron chi connectivity index (χ2n) is 4.22. The molecule has 0 saturated heterocycles. The van der Waals surface area contributed by atoms with Crippen molar-refractivity contribution in [3.63, 3.8) is 0 Å². The smallest absolute Gasteiger partial charge is 0.191 e. The summed E-state index contributed by atoms with van der Waals surface area (Å²) in [5.74, 6) is 0.849. The molecule has 0 amide bonds. The van der Waals surface area contributed by atoms with Crippen molar-refractivity contribution >= 4 is 17.3 Å². The number of guanidine groups is 1. The zero-order valence-corrected chi connectivity index (χ0v) is 11.9. The second-order valence-corrected chi connectivity index (χ2v) is 5.00. The van der Waals surface area contributed by atoms with Gasteiger partial charge in [0, 0.05) is 20.1 Å². The van der Waals surface area contributed by atoms with Crippen molar-refractivity contribution in [3.05, 3.63) is 58.3 Å². The molecular formula is C15H19N3S. The van der Waals surface area contributed by atoms with Crippen molar-refractivity contribution in [2.45, 2.75) is 13.0 Å². The number of nitrogens with zero attached hydrogens (tertiary/aromatic N) is 1. The van der Waals surface area contributed by atoms with E-state index in [0.29, 0.717) is 0 Å². The normalized spacial score (nSPS) is 11.3. The van der Waals surface area contributed by atoms with Crippen molar-refractivity contribution < 1.29 is 0 Å². The topological polar surface area (TPSA) is 36.4 Å². The summed E-state index contributed by atoms with van der Waals surface area (Å²) in [6, 6.07) is 12.6. The summed E-state index contributed by atoms with van der Waals surface area (Å²) in [6.45, 7) is 1.70. The minimum absolute atomic E-state index is 0.814. The van der Waals surface area contributed by atoms with Crippen LogP contribution < -0.4 is 10.6 Å². The van der Waals surface area contributed by atoms with Crippen molar-refractivity contribution in [1.29, 1.82) is 0 Å². The maximum absolute atomic E-state index is 4.22. The van der Waals surface area contributed by atoms with Gasteiger partial charge in [-0.3, -0.25) is 4.99 Å². The van der Waals surface area contributed by atoms with Gasteiger partial charge in [0.15, 0.2) is 5.96 Å². The lowest BCUT2D eigenvalue weighted by atomic mass is 10.1. The lowest BCUT2D eigenvalue weighted by Gasteiger charge is -2.11. The van der Waals surface area contributed by atoms with Crippen LogP contribution in [-0.4, -0.2) is 19.6 Å². The van der Waals surface area contributed by atoms with Gasteiger partial charge in [0.05, 0.1) is 0 Å². The molecule has 0 spiro atoms. The molecule has 0 atom stereocenters. The van der Waals surface area contributed by atoms with Gasteiger partial charge in [0.2, 0.25) is 0 Å². The molecule has 1 heterocycles. The van der Waals surface area contributed by atoms with Gasteiger partial charge in [-0.05, 0) is 34.4 Å². The highest BCUT2D eigenvalue weighted by Gasteiger charge is 1.98. The molecule has 2 aromatic rings. The molecule has 0 radical (unpaired) electrons. The third kappa shape index (κ3) is 4.75. The molecular weight excluding hydrogens is 254 g/mol. The van der Waals surface area contributed by atoms with Gasteiger partial charge in [0.25, 0.3) is 0 Å². The molecule has 2 rings (SSSR count). The number of aliphatic imine (C=N–C) groups is 1. The van der Waals surface area contributed by atoms with Gasteiger partial charge >= 0.3 is 0 Å². The molecule has 0 saturated carbocycles. The lowest BCUT2D eigenvalue weighted by molar-refractivity contribution is 0.796. The zero-order valence-electron chi connectivity index (χ0n) is 11.1. The highest BCUT2D eigenvalue weighted by molar-refractivity contribution is 7.07. The molecule has 4 heteroatoms. The van der Waals surface area contributed by atoms with Crippen LogP contribution >= 0.6 is 11.3 Å². The number of rotatable bonds is 5. The number of benzene rings is 1. The van der Waals surface area contributed by atoms with Crippen LogP contribution in [0.15, 0.2) is 52.2 Å². The van der Waals surface area contributed by atoms with E-state index in [1.165, 1.54) is 11.1 Å². The van der Waals surface area contributed by atoms with Gasteiger partial charge < -0.3 is 10.6 Å². The summed E-state index contributed by atoms with van der Waals surface area (Å²) in [6.07, 6.45) is 1.000. The van der Waals surface area contributed by atoms with Crippen LogP contribution in [0.4, 0.5) is 0 Å². The average molecular weight is 273 g/mol. The summed E-state index contributed by atoms with van der Waals surface area (Å²) < 4.78 is 0. The molecule has 100 valence electrons. The highest BCUT2D eigenvalue weighted by Crippen LogP contribution is 2.04. The predicted molar refractivity (Wildman–Crippen MR) is 82.7 cm³/mol. The van der Waals surface area contributed by atoms with Crippen LogP contribution in [0.25, 0.3) is 0 Å². The molecule has 0 aliphatic heterocycles. The predicted octanol–water partition coefficient (Wildman–Crippen LogP) is 2.66. The summed E-state index contributed by atoms with van der Waals surface area (Å²) in [7, 11) is 1.80. The first-order chi connectivity index (χ1) is 9.38. The van der Waals surface area contributed by atoms with E-state index < -0.39 is 0 Å². The monoisotopic (exact) mass is 273 g/mol. The van der Waals surface area contributed by atoms with E-state index in [1.807, 2.05) is 6.07 Å². The first-order valence-electron chi connectivity index (χ1n) is 6.38. The van der Waals surface area contributed by atoms with Crippen LogP contribution in [-0.2, 0) is 13.0 Å². The van der Waals surface area contributed by atoms with Crippen LogP contribution in [0, 0.1) is 0 Å². The number of thiophene rings is 1.